The molecule has 0 spiro atoms. The number of furan rings is 1. The summed E-state index contributed by atoms with van der Waals surface area (Å²) in [5.41, 5.74) is 3.16. The molecule has 0 aliphatic carbocycles. The average Bonchev–Trinajstić information content (AvgIpc) is 3.00. The van der Waals surface area contributed by atoms with E-state index in [0.717, 1.165) is 4.31 Å². The molecule has 0 aliphatic heterocycles. The van der Waals surface area contributed by atoms with Crippen molar-refractivity contribution in [2.24, 2.45) is 5.10 Å². The third kappa shape index (κ3) is 4.62. The van der Waals surface area contributed by atoms with Gasteiger partial charge in [0.2, 0.25) is 10.0 Å². The first-order valence-corrected chi connectivity index (χ1v) is 8.40. The third-order valence-corrected chi connectivity index (χ3v) is 4.78. The van der Waals surface area contributed by atoms with Gasteiger partial charge in [-0.3, -0.25) is 5.43 Å². The second kappa shape index (κ2) is 7.36. The predicted octanol–water partition coefficient (Wildman–Crippen LogP) is 1.85. The van der Waals surface area contributed by atoms with Crippen molar-refractivity contribution in [2.45, 2.75) is 4.90 Å². The van der Waals surface area contributed by atoms with Crippen LogP contribution in [0.5, 0.6) is 0 Å². The third-order valence-electron chi connectivity index (χ3n) is 2.77. The molecule has 0 radical (unpaired) electrons. The maximum absolute atomic E-state index is 12.1. The Hall–Kier alpha value is -2.23. The smallest absolute Gasteiger partial charge is 0.242 e. The van der Waals surface area contributed by atoms with E-state index >= 15 is 0 Å². The zero-order valence-electron chi connectivity index (χ0n) is 12.6. The molecule has 122 valence electrons. The molecular formula is C14H16N4O3S2. The highest BCUT2D eigenvalue weighted by molar-refractivity contribution is 7.89. The van der Waals surface area contributed by atoms with Crippen LogP contribution in [0.15, 0.2) is 57.1 Å². The van der Waals surface area contributed by atoms with Gasteiger partial charge in [-0.25, -0.2) is 12.7 Å². The number of hydrogen-bond donors (Lipinski definition) is 2. The Morgan fingerprint density at radius 2 is 2.09 bits per heavy atom. The molecule has 1 heterocycles. The van der Waals surface area contributed by atoms with E-state index in [4.69, 9.17) is 16.6 Å². The summed E-state index contributed by atoms with van der Waals surface area (Å²) in [6.45, 7) is 0. The Kier molecular flexibility index (Phi) is 5.48. The minimum Gasteiger partial charge on any atom is -0.463 e. The molecule has 2 aromatic rings. The highest BCUT2D eigenvalue weighted by atomic mass is 32.2. The summed E-state index contributed by atoms with van der Waals surface area (Å²) in [5, 5.41) is 7.01. The van der Waals surface area contributed by atoms with Crippen LogP contribution < -0.4 is 10.7 Å². The van der Waals surface area contributed by atoms with Crippen LogP contribution in [0.4, 0.5) is 5.69 Å². The first kappa shape index (κ1) is 17.1. The van der Waals surface area contributed by atoms with E-state index in [0.29, 0.717) is 11.4 Å². The van der Waals surface area contributed by atoms with Crippen molar-refractivity contribution in [1.29, 1.82) is 0 Å². The first-order valence-electron chi connectivity index (χ1n) is 6.56. The number of hydrazone groups is 1. The number of nitrogens with zero attached hydrogens (tertiary/aromatic N) is 2. The maximum atomic E-state index is 12.1. The molecule has 0 saturated heterocycles. The Balaban J connectivity index is 2.01. The first-order chi connectivity index (χ1) is 10.9. The zero-order chi connectivity index (χ0) is 16.9. The number of rotatable bonds is 5. The maximum Gasteiger partial charge on any atom is 0.242 e. The van der Waals surface area contributed by atoms with Gasteiger partial charge in [-0.05, 0) is 42.5 Å². The van der Waals surface area contributed by atoms with Crippen LogP contribution in [0.1, 0.15) is 5.76 Å². The summed E-state index contributed by atoms with van der Waals surface area (Å²) in [7, 11) is -0.540. The minimum absolute atomic E-state index is 0.175. The summed E-state index contributed by atoms with van der Waals surface area (Å²) in [6, 6.07) is 9.85. The molecule has 1 aromatic heterocycles. The highest BCUT2D eigenvalue weighted by Gasteiger charge is 2.17. The van der Waals surface area contributed by atoms with E-state index in [2.05, 4.69) is 15.8 Å². The van der Waals surface area contributed by atoms with Gasteiger partial charge < -0.3 is 9.73 Å². The van der Waals surface area contributed by atoms with E-state index in [1.807, 2.05) is 0 Å². The van der Waals surface area contributed by atoms with Gasteiger partial charge in [0.15, 0.2) is 5.11 Å². The zero-order valence-corrected chi connectivity index (χ0v) is 14.2. The van der Waals surface area contributed by atoms with E-state index in [1.165, 1.54) is 38.7 Å². The van der Waals surface area contributed by atoms with Crippen molar-refractivity contribution in [2.75, 3.05) is 19.4 Å². The molecule has 0 aliphatic rings. The van der Waals surface area contributed by atoms with Crippen LogP contribution in [0.25, 0.3) is 0 Å². The van der Waals surface area contributed by atoms with Crippen LogP contribution >= 0.6 is 12.2 Å². The lowest BCUT2D eigenvalue weighted by Gasteiger charge is -2.13. The van der Waals surface area contributed by atoms with E-state index in [1.54, 1.807) is 24.3 Å². The van der Waals surface area contributed by atoms with Gasteiger partial charge in [0.1, 0.15) is 5.76 Å². The summed E-state index contributed by atoms with van der Waals surface area (Å²) in [5.74, 6) is 0.583. The molecule has 9 heteroatoms. The van der Waals surface area contributed by atoms with Gasteiger partial charge in [-0.2, -0.15) is 5.10 Å². The van der Waals surface area contributed by atoms with Crippen molar-refractivity contribution in [3.63, 3.8) is 0 Å². The molecule has 2 N–H and O–H groups in total. The lowest BCUT2D eigenvalue weighted by molar-refractivity contribution is 0.521. The van der Waals surface area contributed by atoms with E-state index in [9.17, 15) is 8.42 Å². The lowest BCUT2D eigenvalue weighted by atomic mass is 10.3. The number of hydrogen-bond acceptors (Lipinski definition) is 5. The van der Waals surface area contributed by atoms with Crippen molar-refractivity contribution in [3.05, 3.63) is 48.4 Å². The minimum atomic E-state index is -3.49. The number of benzene rings is 1. The van der Waals surface area contributed by atoms with Crippen LogP contribution in [0, 0.1) is 0 Å². The lowest BCUT2D eigenvalue weighted by Crippen LogP contribution is -2.25. The second-order valence-electron chi connectivity index (χ2n) is 4.65. The summed E-state index contributed by atoms with van der Waals surface area (Å²) in [4.78, 5) is 0.175. The van der Waals surface area contributed by atoms with Gasteiger partial charge in [0.25, 0.3) is 0 Å². The summed E-state index contributed by atoms with van der Waals surface area (Å²) in [6.07, 6.45) is 3.01. The van der Waals surface area contributed by atoms with Crippen molar-refractivity contribution in [1.82, 2.24) is 9.73 Å². The quantitative estimate of drug-likeness (QED) is 0.485. The van der Waals surface area contributed by atoms with Gasteiger partial charge in [0, 0.05) is 19.8 Å². The molecule has 2 rings (SSSR count). The van der Waals surface area contributed by atoms with Crippen LogP contribution in [-0.4, -0.2) is 38.1 Å². The fraction of sp³-hybridized carbons (Fsp3) is 0.143. The average molecular weight is 352 g/mol. The Morgan fingerprint density at radius 1 is 1.30 bits per heavy atom. The number of sulfonamides is 1. The van der Waals surface area contributed by atoms with Crippen molar-refractivity contribution < 1.29 is 12.8 Å². The Bertz CT molecular complexity index is 799. The highest BCUT2D eigenvalue weighted by Crippen LogP contribution is 2.17. The van der Waals surface area contributed by atoms with Gasteiger partial charge in [-0.15, -0.1) is 0 Å². The molecule has 1 aromatic carbocycles. The van der Waals surface area contributed by atoms with Gasteiger partial charge in [-0.1, -0.05) is 6.07 Å². The summed E-state index contributed by atoms with van der Waals surface area (Å²) < 4.78 is 30.4. The van der Waals surface area contributed by atoms with Crippen molar-refractivity contribution >= 4 is 39.3 Å². The van der Waals surface area contributed by atoms with E-state index in [-0.39, 0.29) is 10.0 Å². The molecule has 0 unspecified atom stereocenters. The molecule has 7 nitrogen and oxygen atoms in total. The molecule has 0 saturated carbocycles. The molecule has 0 bridgehead atoms. The number of anilines is 1. The second-order valence-corrected chi connectivity index (χ2v) is 7.21. The van der Waals surface area contributed by atoms with E-state index < -0.39 is 10.0 Å². The van der Waals surface area contributed by atoms with Crippen LogP contribution in [0.2, 0.25) is 0 Å². The van der Waals surface area contributed by atoms with Gasteiger partial charge >= 0.3 is 0 Å². The van der Waals surface area contributed by atoms with Crippen LogP contribution in [0.3, 0.4) is 0 Å². The number of thiocarbonyl (C=S) groups is 1. The molecule has 0 atom stereocenters. The monoisotopic (exact) mass is 352 g/mol. The van der Waals surface area contributed by atoms with Gasteiger partial charge in [0.05, 0.1) is 17.4 Å². The Labute approximate surface area is 140 Å². The molecule has 0 fully saturated rings. The Morgan fingerprint density at radius 3 is 2.74 bits per heavy atom. The summed E-state index contributed by atoms with van der Waals surface area (Å²) >= 11 is 5.09. The largest absolute Gasteiger partial charge is 0.463 e. The molecular weight excluding hydrogens is 336 g/mol. The topological polar surface area (TPSA) is 86.9 Å². The molecule has 0 amide bonds. The number of nitrogens with one attached hydrogen (secondary N) is 2. The van der Waals surface area contributed by atoms with Crippen LogP contribution in [-0.2, 0) is 10.0 Å². The fourth-order valence-corrected chi connectivity index (χ4v) is 2.74. The SMILES string of the molecule is CN(C)S(=O)(=O)c1cccc(NC(=S)N/N=C\c2ccco2)c1. The standard InChI is InChI=1S/C14H16N4O3S2/c1-18(2)23(19,20)13-7-3-5-11(9-13)16-14(22)17-15-10-12-6-4-8-21-12/h3-10H,1-2H3,(H2,16,17,22)/b15-10-. The normalized spacial score (nSPS) is 11.8. The van der Waals surface area contributed by atoms with Crippen molar-refractivity contribution in [3.8, 4) is 0 Å². The molecule has 23 heavy (non-hydrogen) atoms. The fourth-order valence-electron chi connectivity index (χ4n) is 1.62. The predicted molar refractivity (Wildman–Crippen MR) is 93.0 cm³/mol.